The SMILES string of the molecule is COc1ccc(C2C3=CCC4C(=O)N(c5cccc([N+](=O)[O-])c5)C(=O)C4C3CC3C(=O)C(c4ccccc4)=CC(=O)C32c2ccccc2)c(O)c1. The van der Waals surface area contributed by atoms with E-state index < -0.39 is 51.7 Å². The molecule has 8 rings (SSSR count). The first kappa shape index (κ1) is 32.1. The van der Waals surface area contributed by atoms with Gasteiger partial charge in [0, 0.05) is 41.2 Å². The minimum atomic E-state index is -1.50. The number of imide groups is 1. The minimum Gasteiger partial charge on any atom is -0.508 e. The molecule has 10 heteroatoms. The first-order chi connectivity index (χ1) is 24.7. The van der Waals surface area contributed by atoms with Crippen molar-refractivity contribution in [3.8, 4) is 11.5 Å². The number of carbonyl (C=O) groups excluding carboxylic acids is 4. The lowest BCUT2D eigenvalue weighted by atomic mass is 9.44. The number of benzene rings is 4. The van der Waals surface area contributed by atoms with E-state index in [-0.39, 0.29) is 47.1 Å². The predicted molar refractivity (Wildman–Crippen MR) is 187 cm³/mol. The molecule has 0 radical (unpaired) electrons. The number of nitro groups is 1. The number of non-ortho nitro benzene ring substituents is 1. The molecule has 4 aromatic carbocycles. The van der Waals surface area contributed by atoms with E-state index in [4.69, 9.17) is 4.74 Å². The molecule has 0 spiro atoms. The average Bonchev–Trinajstić information content (AvgIpc) is 3.41. The number of phenols is 1. The summed E-state index contributed by atoms with van der Waals surface area (Å²) >= 11 is 0. The quantitative estimate of drug-likeness (QED) is 0.108. The van der Waals surface area contributed by atoms with Crippen LogP contribution in [0.1, 0.15) is 35.4 Å². The molecule has 2 fully saturated rings. The van der Waals surface area contributed by atoms with E-state index in [0.29, 0.717) is 28.0 Å². The van der Waals surface area contributed by atoms with E-state index in [1.807, 2.05) is 42.5 Å². The lowest BCUT2D eigenvalue weighted by molar-refractivity contribution is -0.384. The Balaban J connectivity index is 1.35. The highest BCUT2D eigenvalue weighted by Gasteiger charge is 2.66. The monoisotopic (exact) mass is 680 g/mol. The molecule has 6 unspecified atom stereocenters. The Bertz CT molecular complexity index is 2210. The smallest absolute Gasteiger partial charge is 0.271 e. The van der Waals surface area contributed by atoms with Crippen LogP contribution in [0.5, 0.6) is 11.5 Å². The zero-order valence-electron chi connectivity index (χ0n) is 27.5. The Morgan fingerprint density at radius 3 is 2.27 bits per heavy atom. The normalized spacial score (nSPS) is 26.8. The van der Waals surface area contributed by atoms with Gasteiger partial charge in [-0.3, -0.25) is 29.3 Å². The second-order valence-electron chi connectivity index (χ2n) is 13.5. The van der Waals surface area contributed by atoms with Gasteiger partial charge < -0.3 is 9.84 Å². The average molecular weight is 681 g/mol. The van der Waals surface area contributed by atoms with Crippen LogP contribution in [0.15, 0.2) is 121 Å². The van der Waals surface area contributed by atoms with Gasteiger partial charge in [0.1, 0.15) is 11.5 Å². The van der Waals surface area contributed by atoms with Crippen LogP contribution in [0.4, 0.5) is 11.4 Å². The molecular weight excluding hydrogens is 648 g/mol. The van der Waals surface area contributed by atoms with Crippen molar-refractivity contribution in [3.63, 3.8) is 0 Å². The summed E-state index contributed by atoms with van der Waals surface area (Å²) in [5.41, 5.74) is 0.894. The molecule has 2 amide bonds. The Morgan fingerprint density at radius 2 is 1.59 bits per heavy atom. The second kappa shape index (κ2) is 12.0. The van der Waals surface area contributed by atoms with Crippen LogP contribution in [0.3, 0.4) is 0 Å². The lowest BCUT2D eigenvalue weighted by Crippen LogP contribution is -2.58. The number of nitro benzene ring substituents is 1. The third-order valence-corrected chi connectivity index (χ3v) is 11.2. The summed E-state index contributed by atoms with van der Waals surface area (Å²) in [7, 11) is 1.48. The molecule has 6 atom stereocenters. The number of phenolic OH excluding ortho intramolecular Hbond substituents is 1. The van der Waals surface area contributed by atoms with E-state index in [0.717, 1.165) is 4.90 Å². The van der Waals surface area contributed by atoms with Crippen LogP contribution in [0.25, 0.3) is 5.57 Å². The number of ether oxygens (including phenoxy) is 1. The van der Waals surface area contributed by atoms with Crippen LogP contribution in [-0.4, -0.2) is 40.5 Å². The Morgan fingerprint density at radius 1 is 0.863 bits per heavy atom. The minimum absolute atomic E-state index is 0.0891. The highest BCUT2D eigenvalue weighted by atomic mass is 16.6. The van der Waals surface area contributed by atoms with Gasteiger partial charge in [-0.1, -0.05) is 84.4 Å². The maximum Gasteiger partial charge on any atom is 0.271 e. The number of methoxy groups -OCH3 is 1. The predicted octanol–water partition coefficient (Wildman–Crippen LogP) is 6.34. The number of hydrogen-bond donors (Lipinski definition) is 1. The fourth-order valence-electron chi connectivity index (χ4n) is 9.11. The van der Waals surface area contributed by atoms with Crippen molar-refractivity contribution >= 4 is 40.3 Å². The first-order valence-electron chi connectivity index (χ1n) is 16.8. The third kappa shape index (κ3) is 4.70. The van der Waals surface area contributed by atoms with E-state index in [1.165, 1.54) is 43.5 Å². The first-order valence-corrected chi connectivity index (χ1v) is 16.8. The van der Waals surface area contributed by atoms with Crippen LogP contribution in [-0.2, 0) is 24.6 Å². The van der Waals surface area contributed by atoms with Crippen molar-refractivity contribution in [2.24, 2.45) is 23.7 Å². The van der Waals surface area contributed by atoms with Crippen LogP contribution in [0.2, 0.25) is 0 Å². The van der Waals surface area contributed by atoms with Gasteiger partial charge in [-0.25, -0.2) is 4.90 Å². The summed E-state index contributed by atoms with van der Waals surface area (Å²) in [6, 6.07) is 28.4. The largest absolute Gasteiger partial charge is 0.508 e. The molecule has 51 heavy (non-hydrogen) atoms. The summed E-state index contributed by atoms with van der Waals surface area (Å²) in [6.45, 7) is 0. The third-order valence-electron chi connectivity index (χ3n) is 11.2. The number of nitrogens with zero attached hydrogens (tertiary/aromatic N) is 2. The summed E-state index contributed by atoms with van der Waals surface area (Å²) in [6.07, 6.45) is 3.58. The fraction of sp³-hybridized carbons (Fsp3) is 0.220. The highest BCUT2D eigenvalue weighted by Crippen LogP contribution is 2.64. The molecule has 254 valence electrons. The topological polar surface area (TPSA) is 144 Å². The molecule has 4 aliphatic rings. The molecule has 10 nitrogen and oxygen atoms in total. The zero-order chi connectivity index (χ0) is 35.6. The van der Waals surface area contributed by atoms with Crippen molar-refractivity contribution in [1.82, 2.24) is 0 Å². The van der Waals surface area contributed by atoms with Crippen LogP contribution in [0, 0.1) is 33.8 Å². The summed E-state index contributed by atoms with van der Waals surface area (Å²) in [5.74, 6) is -5.51. The Kier molecular flexibility index (Phi) is 7.55. The van der Waals surface area contributed by atoms with Crippen molar-refractivity contribution in [2.45, 2.75) is 24.2 Å². The number of Topliss-reactive ketones (excluding diaryl/α,β-unsaturated/α-hetero) is 1. The Hall–Kier alpha value is -6.16. The summed E-state index contributed by atoms with van der Waals surface area (Å²) in [5, 5.41) is 23.2. The highest BCUT2D eigenvalue weighted by molar-refractivity contribution is 6.32. The van der Waals surface area contributed by atoms with E-state index in [9.17, 15) is 29.6 Å². The lowest BCUT2D eigenvalue weighted by Gasteiger charge is -2.55. The van der Waals surface area contributed by atoms with Gasteiger partial charge in [-0.05, 0) is 48.1 Å². The molecule has 4 aromatic rings. The van der Waals surface area contributed by atoms with Crippen LogP contribution >= 0.6 is 0 Å². The van der Waals surface area contributed by atoms with Crippen molar-refractivity contribution in [3.05, 3.63) is 148 Å². The molecule has 1 N–H and O–H groups in total. The van der Waals surface area contributed by atoms with Gasteiger partial charge in [0.15, 0.2) is 11.6 Å². The second-order valence-corrected chi connectivity index (χ2v) is 13.5. The number of allylic oxidation sites excluding steroid dienone is 4. The maximum atomic E-state index is 15.1. The number of anilines is 1. The molecular formula is C41H32N2O8. The van der Waals surface area contributed by atoms with E-state index >= 15 is 4.79 Å². The molecule has 3 aliphatic carbocycles. The van der Waals surface area contributed by atoms with Gasteiger partial charge in [0.05, 0.1) is 35.0 Å². The standard InChI is InChI=1S/C41H32N2O8/c1-51-27-15-16-29(34(44)20-27)37-28-17-18-30-36(40(48)42(39(30)47)25-13-8-14-26(19-25)43(49)50)32(28)21-33-38(46)31(23-9-4-2-5-10-23)22-35(45)41(33,37)24-11-6-3-7-12-24/h2-17,19-20,22,30,32-33,36-37,44H,18,21H2,1H3. The van der Waals surface area contributed by atoms with E-state index in [1.54, 1.807) is 36.4 Å². The molecule has 1 saturated heterocycles. The van der Waals surface area contributed by atoms with Gasteiger partial charge in [-0.15, -0.1) is 0 Å². The van der Waals surface area contributed by atoms with Gasteiger partial charge >= 0.3 is 0 Å². The number of amides is 2. The fourth-order valence-corrected chi connectivity index (χ4v) is 9.11. The molecule has 1 saturated carbocycles. The number of hydrogen-bond acceptors (Lipinski definition) is 8. The summed E-state index contributed by atoms with van der Waals surface area (Å²) in [4.78, 5) is 70.7. The van der Waals surface area contributed by atoms with E-state index in [2.05, 4.69) is 0 Å². The number of aromatic hydroxyl groups is 1. The van der Waals surface area contributed by atoms with Gasteiger partial charge in [0.25, 0.3) is 5.69 Å². The number of rotatable bonds is 6. The van der Waals surface area contributed by atoms with Crippen molar-refractivity contribution in [2.75, 3.05) is 12.0 Å². The molecule has 0 aromatic heterocycles. The number of fused-ring (bicyclic) bond motifs is 4. The summed E-state index contributed by atoms with van der Waals surface area (Å²) < 4.78 is 5.39. The maximum absolute atomic E-state index is 15.1. The molecule has 1 aliphatic heterocycles. The van der Waals surface area contributed by atoms with Gasteiger partial charge in [0.2, 0.25) is 11.8 Å². The number of carbonyl (C=O) groups is 4. The van der Waals surface area contributed by atoms with Gasteiger partial charge in [-0.2, -0.15) is 0 Å². The number of ketones is 2. The van der Waals surface area contributed by atoms with Crippen LogP contribution < -0.4 is 9.64 Å². The Labute approximate surface area is 292 Å². The van der Waals surface area contributed by atoms with Crippen molar-refractivity contribution < 1.29 is 33.9 Å². The zero-order valence-corrected chi connectivity index (χ0v) is 27.5. The molecule has 1 heterocycles. The van der Waals surface area contributed by atoms with Crippen molar-refractivity contribution in [1.29, 1.82) is 0 Å². The molecule has 0 bridgehead atoms.